The quantitative estimate of drug-likeness (QED) is 0.797. The molecule has 114 valence electrons. The number of nitrogens with one attached hydrogen (secondary N) is 2. The minimum absolute atomic E-state index is 0.264. The lowest BCUT2D eigenvalue weighted by Gasteiger charge is -2.12. The van der Waals surface area contributed by atoms with E-state index in [2.05, 4.69) is 16.7 Å². The minimum atomic E-state index is -0.264. The number of hydrogen-bond donors (Lipinski definition) is 3. The van der Waals surface area contributed by atoms with Gasteiger partial charge in [0.15, 0.2) is 0 Å². The minimum Gasteiger partial charge on any atom is -0.330 e. The maximum atomic E-state index is 12.1. The third-order valence-corrected chi connectivity index (χ3v) is 4.19. The van der Waals surface area contributed by atoms with Gasteiger partial charge >= 0.3 is 6.03 Å². The van der Waals surface area contributed by atoms with Crippen LogP contribution in [0.15, 0.2) is 48.5 Å². The molecule has 1 aliphatic carbocycles. The lowest BCUT2D eigenvalue weighted by Crippen LogP contribution is -2.20. The van der Waals surface area contributed by atoms with Crippen LogP contribution in [0.4, 0.5) is 16.2 Å². The van der Waals surface area contributed by atoms with Crippen molar-refractivity contribution in [1.29, 1.82) is 0 Å². The largest absolute Gasteiger partial charge is 0.330 e. The van der Waals surface area contributed by atoms with Gasteiger partial charge in [0.25, 0.3) is 0 Å². The summed E-state index contributed by atoms with van der Waals surface area (Å²) in [5, 5.41) is 6.35. The summed E-state index contributed by atoms with van der Waals surface area (Å²) in [6.07, 6.45) is 1.09. The molecule has 2 amide bonds. The second-order valence-electron chi connectivity index (χ2n) is 5.51. The highest BCUT2D eigenvalue weighted by atomic mass is 35.5. The summed E-state index contributed by atoms with van der Waals surface area (Å²) in [7, 11) is 0. The van der Waals surface area contributed by atoms with E-state index >= 15 is 0 Å². The van der Waals surface area contributed by atoms with Crippen molar-refractivity contribution >= 4 is 29.0 Å². The molecule has 4 nitrogen and oxygen atoms in total. The summed E-state index contributed by atoms with van der Waals surface area (Å²) in [6.45, 7) is 0.690. The van der Waals surface area contributed by atoms with Gasteiger partial charge in [0.2, 0.25) is 0 Å². The molecule has 0 spiro atoms. The molecule has 1 fully saturated rings. The Morgan fingerprint density at radius 3 is 2.55 bits per heavy atom. The number of para-hydroxylation sites is 1. The molecule has 2 atom stereocenters. The van der Waals surface area contributed by atoms with Crippen molar-refractivity contribution in [3.8, 4) is 0 Å². The summed E-state index contributed by atoms with van der Waals surface area (Å²) < 4.78 is 0. The molecule has 5 heteroatoms. The van der Waals surface area contributed by atoms with Gasteiger partial charge in [-0.2, -0.15) is 0 Å². The van der Waals surface area contributed by atoms with Crippen LogP contribution < -0.4 is 16.4 Å². The van der Waals surface area contributed by atoms with Crippen LogP contribution in [0.3, 0.4) is 0 Å². The van der Waals surface area contributed by atoms with Crippen LogP contribution >= 0.6 is 11.6 Å². The van der Waals surface area contributed by atoms with Crippen molar-refractivity contribution in [3.63, 3.8) is 0 Å². The number of nitrogens with two attached hydrogens (primary N) is 1. The van der Waals surface area contributed by atoms with Crippen molar-refractivity contribution in [3.05, 3.63) is 59.1 Å². The van der Waals surface area contributed by atoms with E-state index in [-0.39, 0.29) is 6.03 Å². The van der Waals surface area contributed by atoms with E-state index in [0.29, 0.717) is 29.1 Å². The van der Waals surface area contributed by atoms with Crippen LogP contribution in [-0.4, -0.2) is 12.6 Å². The van der Waals surface area contributed by atoms with Crippen molar-refractivity contribution in [2.75, 3.05) is 17.2 Å². The number of amides is 2. The highest BCUT2D eigenvalue weighted by Crippen LogP contribution is 2.48. The van der Waals surface area contributed by atoms with Crippen LogP contribution in [0.1, 0.15) is 17.9 Å². The molecule has 3 rings (SSSR count). The molecule has 0 saturated heterocycles. The Balaban J connectivity index is 1.68. The molecule has 2 aromatic rings. The lowest BCUT2D eigenvalue weighted by atomic mass is 10.1. The molecule has 0 unspecified atom stereocenters. The van der Waals surface area contributed by atoms with Crippen LogP contribution in [-0.2, 0) is 0 Å². The molecule has 0 aromatic heterocycles. The summed E-state index contributed by atoms with van der Waals surface area (Å²) in [6, 6.07) is 14.6. The molecule has 0 aliphatic heterocycles. The van der Waals surface area contributed by atoms with E-state index < -0.39 is 0 Å². The first-order valence-corrected chi connectivity index (χ1v) is 7.67. The van der Waals surface area contributed by atoms with Crippen LogP contribution in [0.5, 0.6) is 0 Å². The van der Waals surface area contributed by atoms with E-state index in [9.17, 15) is 4.79 Å². The Morgan fingerprint density at radius 1 is 1.14 bits per heavy atom. The fourth-order valence-corrected chi connectivity index (χ4v) is 2.77. The molecular weight excluding hydrogens is 298 g/mol. The zero-order valence-electron chi connectivity index (χ0n) is 12.1. The average molecular weight is 316 g/mol. The first-order chi connectivity index (χ1) is 10.7. The average Bonchev–Trinajstić information content (AvgIpc) is 3.30. The second-order valence-corrected chi connectivity index (χ2v) is 5.95. The molecule has 1 aliphatic rings. The van der Waals surface area contributed by atoms with Gasteiger partial charge in [-0.15, -0.1) is 0 Å². The molecule has 0 heterocycles. The first-order valence-electron chi connectivity index (χ1n) is 7.30. The molecule has 2 aromatic carbocycles. The fourth-order valence-electron chi connectivity index (χ4n) is 2.64. The summed E-state index contributed by atoms with van der Waals surface area (Å²) in [5.74, 6) is 0.985. The van der Waals surface area contributed by atoms with Gasteiger partial charge in [0, 0.05) is 16.4 Å². The number of anilines is 2. The summed E-state index contributed by atoms with van der Waals surface area (Å²) in [5.41, 5.74) is 8.42. The number of urea groups is 1. The topological polar surface area (TPSA) is 67.1 Å². The van der Waals surface area contributed by atoms with E-state index in [1.165, 1.54) is 0 Å². The Labute approximate surface area is 134 Å². The van der Waals surface area contributed by atoms with Gasteiger partial charge in [-0.1, -0.05) is 29.8 Å². The van der Waals surface area contributed by atoms with Gasteiger partial charge in [0.05, 0.1) is 0 Å². The van der Waals surface area contributed by atoms with Crippen LogP contribution in [0.2, 0.25) is 5.02 Å². The highest BCUT2D eigenvalue weighted by molar-refractivity contribution is 6.30. The van der Waals surface area contributed by atoms with Crippen molar-refractivity contribution < 1.29 is 4.79 Å². The zero-order chi connectivity index (χ0) is 15.5. The van der Waals surface area contributed by atoms with E-state index in [1.807, 2.05) is 18.2 Å². The molecule has 4 N–H and O–H groups in total. The molecule has 1 saturated carbocycles. The number of hydrogen-bond acceptors (Lipinski definition) is 2. The van der Waals surface area contributed by atoms with E-state index in [0.717, 1.165) is 17.7 Å². The molecular formula is C17H18ClN3O. The smallest absolute Gasteiger partial charge is 0.323 e. The predicted octanol–water partition coefficient (Wildman–Crippen LogP) is 4.05. The first kappa shape index (κ1) is 14.9. The van der Waals surface area contributed by atoms with E-state index in [1.54, 1.807) is 24.3 Å². The zero-order valence-corrected chi connectivity index (χ0v) is 12.8. The van der Waals surface area contributed by atoms with Gasteiger partial charge in [-0.25, -0.2) is 4.79 Å². The predicted molar refractivity (Wildman–Crippen MR) is 90.4 cm³/mol. The maximum Gasteiger partial charge on any atom is 0.323 e. The standard InChI is InChI=1S/C17H18ClN3O/c18-12-5-7-13(8-6-12)20-17(22)21-16-4-2-1-3-14(16)15-9-11(15)10-19/h1-8,11,15H,9-10,19H2,(H2,20,21,22)/t11-,15+/m0/s1. The lowest BCUT2D eigenvalue weighted by molar-refractivity contribution is 0.262. The van der Waals surface area contributed by atoms with E-state index in [4.69, 9.17) is 17.3 Å². The van der Waals surface area contributed by atoms with Gasteiger partial charge in [0.1, 0.15) is 0 Å². The summed E-state index contributed by atoms with van der Waals surface area (Å²) in [4.78, 5) is 12.1. The Hall–Kier alpha value is -2.04. The number of rotatable bonds is 4. The van der Waals surface area contributed by atoms with Gasteiger partial charge in [-0.05, 0) is 60.7 Å². The summed E-state index contributed by atoms with van der Waals surface area (Å²) >= 11 is 5.83. The Kier molecular flexibility index (Phi) is 4.32. The van der Waals surface area contributed by atoms with Crippen LogP contribution in [0.25, 0.3) is 0 Å². The number of benzene rings is 2. The molecule has 0 radical (unpaired) electrons. The third-order valence-electron chi connectivity index (χ3n) is 3.94. The monoisotopic (exact) mass is 315 g/mol. The number of halogens is 1. The molecule has 0 bridgehead atoms. The number of carbonyl (C=O) groups excluding carboxylic acids is 1. The fraction of sp³-hybridized carbons (Fsp3) is 0.235. The third kappa shape index (κ3) is 3.40. The number of carbonyl (C=O) groups is 1. The molecule has 22 heavy (non-hydrogen) atoms. The van der Waals surface area contributed by atoms with Crippen LogP contribution in [0, 0.1) is 5.92 Å². The van der Waals surface area contributed by atoms with Gasteiger partial charge in [-0.3, -0.25) is 0 Å². The second kappa shape index (κ2) is 6.38. The highest BCUT2D eigenvalue weighted by Gasteiger charge is 2.38. The SMILES string of the molecule is NC[C@@H]1C[C@H]1c1ccccc1NC(=O)Nc1ccc(Cl)cc1. The van der Waals surface area contributed by atoms with Crippen molar-refractivity contribution in [2.45, 2.75) is 12.3 Å². The van der Waals surface area contributed by atoms with Crippen molar-refractivity contribution in [1.82, 2.24) is 0 Å². The van der Waals surface area contributed by atoms with Gasteiger partial charge < -0.3 is 16.4 Å². The van der Waals surface area contributed by atoms with Crippen molar-refractivity contribution in [2.24, 2.45) is 11.7 Å². The Bertz CT molecular complexity index is 672. The normalized spacial score (nSPS) is 19.5. The maximum absolute atomic E-state index is 12.1. The Morgan fingerprint density at radius 2 is 1.86 bits per heavy atom.